The van der Waals surface area contributed by atoms with Crippen LogP contribution in [0, 0.1) is 25.1 Å². The molecular weight excluding hydrogens is 261 g/mol. The summed E-state index contributed by atoms with van der Waals surface area (Å²) < 4.78 is 12.9. The van der Waals surface area contributed by atoms with Gasteiger partial charge in [-0.2, -0.15) is 0 Å². The summed E-state index contributed by atoms with van der Waals surface area (Å²) >= 11 is 1.38. The number of amidine groups is 1. The van der Waals surface area contributed by atoms with Gasteiger partial charge in [0.1, 0.15) is 16.7 Å². The van der Waals surface area contributed by atoms with Crippen molar-refractivity contribution in [2.24, 2.45) is 5.73 Å². The van der Waals surface area contributed by atoms with E-state index in [2.05, 4.69) is 4.98 Å². The summed E-state index contributed by atoms with van der Waals surface area (Å²) in [5.41, 5.74) is 8.04. The molecule has 1 heterocycles. The maximum Gasteiger partial charge on any atom is 0.125 e. The fraction of sp³-hybridized carbons (Fsp3) is 0.143. The standard InChI is InChI=1S/C14H14FN3S/c1-8-7-9(2)18-14(12(8)13(16)17)19-11-5-3-10(15)4-6-11/h3-7H,1-2H3,(H3,16,17). The van der Waals surface area contributed by atoms with Gasteiger partial charge in [0.25, 0.3) is 0 Å². The van der Waals surface area contributed by atoms with Crippen molar-refractivity contribution in [3.05, 3.63) is 53.0 Å². The van der Waals surface area contributed by atoms with Gasteiger partial charge in [0, 0.05) is 10.6 Å². The third-order valence-corrected chi connectivity index (χ3v) is 3.61. The highest BCUT2D eigenvalue weighted by atomic mass is 32.2. The number of rotatable bonds is 3. The second-order valence-corrected chi connectivity index (χ2v) is 5.29. The number of hydrogen-bond acceptors (Lipinski definition) is 3. The van der Waals surface area contributed by atoms with E-state index < -0.39 is 0 Å². The Labute approximate surface area is 115 Å². The zero-order valence-electron chi connectivity index (χ0n) is 10.7. The molecule has 0 fully saturated rings. The molecule has 0 amide bonds. The van der Waals surface area contributed by atoms with Gasteiger partial charge in [0.2, 0.25) is 0 Å². The number of aromatic nitrogens is 1. The van der Waals surface area contributed by atoms with Gasteiger partial charge in [-0.3, -0.25) is 5.41 Å². The highest BCUT2D eigenvalue weighted by Crippen LogP contribution is 2.30. The molecule has 0 saturated carbocycles. The van der Waals surface area contributed by atoms with E-state index in [4.69, 9.17) is 11.1 Å². The Kier molecular flexibility index (Phi) is 3.85. The van der Waals surface area contributed by atoms with Crippen molar-refractivity contribution in [2.75, 3.05) is 0 Å². The van der Waals surface area contributed by atoms with Crippen LogP contribution in [-0.2, 0) is 0 Å². The lowest BCUT2D eigenvalue weighted by Crippen LogP contribution is -2.15. The summed E-state index contributed by atoms with van der Waals surface area (Å²) in [4.78, 5) is 5.28. The summed E-state index contributed by atoms with van der Waals surface area (Å²) in [6, 6.07) is 8.06. The normalized spacial score (nSPS) is 10.5. The van der Waals surface area contributed by atoms with Crippen LogP contribution in [0.5, 0.6) is 0 Å². The molecule has 0 spiro atoms. The minimum atomic E-state index is -0.274. The fourth-order valence-electron chi connectivity index (χ4n) is 1.82. The van der Waals surface area contributed by atoms with Crippen molar-refractivity contribution in [3.8, 4) is 0 Å². The first-order chi connectivity index (χ1) is 8.97. The van der Waals surface area contributed by atoms with E-state index in [9.17, 15) is 4.39 Å². The van der Waals surface area contributed by atoms with E-state index in [1.54, 1.807) is 12.1 Å². The van der Waals surface area contributed by atoms with Gasteiger partial charge in [-0.05, 0) is 49.7 Å². The fourth-order valence-corrected chi connectivity index (χ4v) is 2.88. The predicted molar refractivity (Wildman–Crippen MR) is 75.3 cm³/mol. The molecule has 0 radical (unpaired) electrons. The monoisotopic (exact) mass is 275 g/mol. The van der Waals surface area contributed by atoms with Crippen LogP contribution in [0.2, 0.25) is 0 Å². The van der Waals surface area contributed by atoms with Gasteiger partial charge in [0.15, 0.2) is 0 Å². The summed E-state index contributed by atoms with van der Waals surface area (Å²) in [7, 11) is 0. The minimum Gasteiger partial charge on any atom is -0.384 e. The minimum absolute atomic E-state index is 0.00499. The molecule has 2 rings (SSSR count). The molecule has 0 aliphatic heterocycles. The van der Waals surface area contributed by atoms with E-state index >= 15 is 0 Å². The number of nitrogen functional groups attached to an aromatic ring is 1. The van der Waals surface area contributed by atoms with Gasteiger partial charge in [0.05, 0.1) is 5.56 Å². The van der Waals surface area contributed by atoms with E-state index in [0.717, 1.165) is 16.2 Å². The molecule has 1 aromatic carbocycles. The average molecular weight is 275 g/mol. The second-order valence-electron chi connectivity index (χ2n) is 4.23. The van der Waals surface area contributed by atoms with E-state index in [1.807, 2.05) is 19.9 Å². The Hall–Kier alpha value is -1.88. The first-order valence-electron chi connectivity index (χ1n) is 5.73. The van der Waals surface area contributed by atoms with Gasteiger partial charge in [-0.1, -0.05) is 11.8 Å². The average Bonchev–Trinajstić information content (AvgIpc) is 2.30. The SMILES string of the molecule is Cc1cc(C)c(C(=N)N)c(Sc2ccc(F)cc2)n1. The summed E-state index contributed by atoms with van der Waals surface area (Å²) in [5.74, 6) is -0.279. The van der Waals surface area contributed by atoms with Crippen LogP contribution in [0.15, 0.2) is 40.3 Å². The molecule has 98 valence electrons. The van der Waals surface area contributed by atoms with Crippen molar-refractivity contribution < 1.29 is 4.39 Å². The maximum atomic E-state index is 12.9. The Balaban J connectivity index is 2.44. The zero-order valence-corrected chi connectivity index (χ0v) is 11.5. The third kappa shape index (κ3) is 3.12. The number of aryl methyl sites for hydroxylation is 2. The van der Waals surface area contributed by atoms with Gasteiger partial charge in [-0.15, -0.1) is 0 Å². The molecule has 3 N–H and O–H groups in total. The molecule has 0 unspecified atom stereocenters. The number of benzene rings is 1. The molecule has 0 atom stereocenters. The Morgan fingerprint density at radius 1 is 1.26 bits per heavy atom. The quantitative estimate of drug-likeness (QED) is 0.667. The van der Waals surface area contributed by atoms with Crippen molar-refractivity contribution in [2.45, 2.75) is 23.8 Å². The van der Waals surface area contributed by atoms with Crippen molar-refractivity contribution in [1.29, 1.82) is 5.41 Å². The number of hydrogen-bond donors (Lipinski definition) is 2. The van der Waals surface area contributed by atoms with Crippen LogP contribution in [0.3, 0.4) is 0 Å². The van der Waals surface area contributed by atoms with Gasteiger partial charge >= 0.3 is 0 Å². The molecule has 5 heteroatoms. The maximum absolute atomic E-state index is 12.9. The van der Waals surface area contributed by atoms with E-state index in [1.165, 1.54) is 23.9 Å². The number of nitrogens with two attached hydrogens (primary N) is 1. The van der Waals surface area contributed by atoms with Crippen molar-refractivity contribution in [1.82, 2.24) is 4.98 Å². The molecule has 3 nitrogen and oxygen atoms in total. The lowest BCUT2D eigenvalue weighted by atomic mass is 10.1. The van der Waals surface area contributed by atoms with Crippen LogP contribution in [-0.4, -0.2) is 10.8 Å². The summed E-state index contributed by atoms with van der Waals surface area (Å²) in [6.07, 6.45) is 0. The molecule has 19 heavy (non-hydrogen) atoms. The van der Waals surface area contributed by atoms with Crippen molar-refractivity contribution >= 4 is 17.6 Å². The van der Waals surface area contributed by atoms with Crippen LogP contribution < -0.4 is 5.73 Å². The lowest BCUT2D eigenvalue weighted by molar-refractivity contribution is 0.626. The molecule has 1 aromatic heterocycles. The Morgan fingerprint density at radius 3 is 2.47 bits per heavy atom. The number of halogens is 1. The topological polar surface area (TPSA) is 62.8 Å². The molecule has 0 bridgehead atoms. The summed E-state index contributed by atoms with van der Waals surface area (Å²) in [5, 5.41) is 8.33. The van der Waals surface area contributed by atoms with Crippen LogP contribution >= 0.6 is 11.8 Å². The van der Waals surface area contributed by atoms with Crippen LogP contribution in [0.4, 0.5) is 4.39 Å². The number of pyridine rings is 1. The highest BCUT2D eigenvalue weighted by molar-refractivity contribution is 7.99. The Bertz CT molecular complexity index is 623. The summed E-state index contributed by atoms with van der Waals surface area (Å²) in [6.45, 7) is 3.80. The van der Waals surface area contributed by atoms with Crippen LogP contribution in [0.1, 0.15) is 16.8 Å². The van der Waals surface area contributed by atoms with E-state index in [0.29, 0.717) is 10.6 Å². The Morgan fingerprint density at radius 2 is 1.89 bits per heavy atom. The molecule has 0 aliphatic carbocycles. The predicted octanol–water partition coefficient (Wildman–Crippen LogP) is 3.27. The largest absolute Gasteiger partial charge is 0.384 e. The van der Waals surface area contributed by atoms with Gasteiger partial charge in [-0.25, -0.2) is 9.37 Å². The molecule has 0 saturated heterocycles. The first kappa shape index (κ1) is 13.5. The number of nitrogens with zero attached hydrogens (tertiary/aromatic N) is 1. The first-order valence-corrected chi connectivity index (χ1v) is 6.55. The lowest BCUT2D eigenvalue weighted by Gasteiger charge is -2.11. The second kappa shape index (κ2) is 5.40. The van der Waals surface area contributed by atoms with Crippen molar-refractivity contribution in [3.63, 3.8) is 0 Å². The molecular formula is C14H14FN3S. The zero-order chi connectivity index (χ0) is 14.0. The van der Waals surface area contributed by atoms with E-state index in [-0.39, 0.29) is 11.7 Å². The number of nitrogens with one attached hydrogen (secondary N) is 1. The molecule has 0 aliphatic rings. The smallest absolute Gasteiger partial charge is 0.125 e. The van der Waals surface area contributed by atoms with Crippen LogP contribution in [0.25, 0.3) is 0 Å². The molecule has 2 aromatic rings. The van der Waals surface area contributed by atoms with Gasteiger partial charge < -0.3 is 5.73 Å². The third-order valence-electron chi connectivity index (χ3n) is 2.61. The highest BCUT2D eigenvalue weighted by Gasteiger charge is 2.13.